The molecule has 0 aliphatic rings. The summed E-state index contributed by atoms with van der Waals surface area (Å²) < 4.78 is 46.3. The van der Waals surface area contributed by atoms with E-state index >= 15 is 0 Å². The number of alkyl halides is 3. The molecule has 9 heteroatoms. The van der Waals surface area contributed by atoms with Crippen LogP contribution in [0.25, 0.3) is 5.69 Å². The molecule has 0 aliphatic heterocycles. The molecule has 0 radical (unpaired) electrons. The molecule has 0 saturated heterocycles. The number of ether oxygens (including phenoxy) is 1. The Morgan fingerprint density at radius 3 is 2.53 bits per heavy atom. The Kier molecular flexibility index (Phi) is 6.81. The lowest BCUT2D eigenvalue weighted by molar-refractivity contribution is -0.142. The molecule has 2 aromatic carbocycles. The molecule has 0 N–H and O–H groups in total. The summed E-state index contributed by atoms with van der Waals surface area (Å²) in [6, 6.07) is 14.4. The minimum Gasteiger partial charge on any atom is -0.465 e. The maximum Gasteiger partial charge on any atom is 0.416 e. The van der Waals surface area contributed by atoms with Crippen LogP contribution < -0.4 is 0 Å². The maximum atomic E-state index is 13.3. The molecule has 0 aliphatic carbocycles. The molecule has 1 atom stereocenters. The minimum atomic E-state index is -4.48. The number of aromatic nitrogens is 3. The fourth-order valence-electron chi connectivity index (χ4n) is 2.82. The molecule has 0 spiro atoms. The predicted octanol–water partition coefficient (Wildman–Crippen LogP) is 4.92. The van der Waals surface area contributed by atoms with Crippen LogP contribution in [0.1, 0.15) is 30.8 Å². The minimum absolute atomic E-state index is 0.239. The molecule has 0 saturated carbocycles. The van der Waals surface area contributed by atoms with Crippen molar-refractivity contribution in [3.8, 4) is 5.69 Å². The van der Waals surface area contributed by atoms with Crippen molar-refractivity contribution in [3.63, 3.8) is 0 Å². The monoisotopic (exact) mass is 435 g/mol. The van der Waals surface area contributed by atoms with Crippen molar-refractivity contribution in [2.45, 2.75) is 36.9 Å². The molecule has 1 heterocycles. The van der Waals surface area contributed by atoms with Gasteiger partial charge in [0.05, 0.1) is 17.9 Å². The summed E-state index contributed by atoms with van der Waals surface area (Å²) in [6.45, 7) is 3.60. The van der Waals surface area contributed by atoms with E-state index in [4.69, 9.17) is 4.74 Å². The number of carbonyl (C=O) groups excluding carboxylic acids is 1. The Morgan fingerprint density at radius 1 is 1.13 bits per heavy atom. The summed E-state index contributed by atoms with van der Waals surface area (Å²) in [6.07, 6.45) is -4.10. The number of thioether (sulfide) groups is 1. The number of hydrogen-bond acceptors (Lipinski definition) is 5. The van der Waals surface area contributed by atoms with Gasteiger partial charge in [-0.2, -0.15) is 13.2 Å². The van der Waals surface area contributed by atoms with Crippen LogP contribution in [0, 0.1) is 0 Å². The molecule has 3 aromatic rings. The van der Waals surface area contributed by atoms with Gasteiger partial charge in [0.15, 0.2) is 5.16 Å². The third kappa shape index (κ3) is 5.21. The van der Waals surface area contributed by atoms with Gasteiger partial charge in [-0.1, -0.05) is 48.2 Å². The fraction of sp³-hybridized carbons (Fsp3) is 0.286. The Bertz CT molecular complexity index is 1010. The smallest absolute Gasteiger partial charge is 0.416 e. The van der Waals surface area contributed by atoms with Crippen LogP contribution in [0.15, 0.2) is 59.8 Å². The van der Waals surface area contributed by atoms with Crippen molar-refractivity contribution in [2.24, 2.45) is 0 Å². The third-order valence-electron chi connectivity index (χ3n) is 4.24. The summed E-state index contributed by atoms with van der Waals surface area (Å²) in [5.74, 6) is 0.0461. The first-order chi connectivity index (χ1) is 14.3. The highest BCUT2D eigenvalue weighted by Gasteiger charge is 2.31. The van der Waals surface area contributed by atoms with Gasteiger partial charge in [0, 0.05) is 6.42 Å². The van der Waals surface area contributed by atoms with Crippen LogP contribution in [-0.2, 0) is 22.1 Å². The van der Waals surface area contributed by atoms with Gasteiger partial charge in [0.2, 0.25) is 0 Å². The summed E-state index contributed by atoms with van der Waals surface area (Å²) in [4.78, 5) is 12.0. The van der Waals surface area contributed by atoms with E-state index in [1.165, 1.54) is 6.07 Å². The molecule has 158 valence electrons. The quantitative estimate of drug-likeness (QED) is 0.389. The molecular formula is C21H20F3N3O2S. The van der Waals surface area contributed by atoms with E-state index in [1.807, 2.05) is 30.3 Å². The first-order valence-electron chi connectivity index (χ1n) is 9.28. The van der Waals surface area contributed by atoms with Crippen molar-refractivity contribution in [1.82, 2.24) is 14.8 Å². The molecule has 1 aromatic heterocycles. The zero-order chi connectivity index (χ0) is 21.7. The first-order valence-corrected chi connectivity index (χ1v) is 10.2. The largest absolute Gasteiger partial charge is 0.465 e. The van der Waals surface area contributed by atoms with Crippen LogP contribution in [-0.4, -0.2) is 32.6 Å². The Morgan fingerprint density at radius 2 is 1.87 bits per heavy atom. The van der Waals surface area contributed by atoms with Crippen LogP contribution in [0.3, 0.4) is 0 Å². The lowest BCUT2D eigenvalue weighted by Gasteiger charge is -2.15. The van der Waals surface area contributed by atoms with Crippen LogP contribution in [0.4, 0.5) is 13.2 Å². The van der Waals surface area contributed by atoms with Crippen LogP contribution in [0.5, 0.6) is 0 Å². The number of nitrogens with zero attached hydrogens (tertiary/aromatic N) is 3. The SMILES string of the molecule is CCOC(=O)C(C)Sc1nnc(Cc2ccccc2)n1-c1cccc(C(F)(F)F)c1. The van der Waals surface area contributed by atoms with Gasteiger partial charge in [-0.3, -0.25) is 9.36 Å². The third-order valence-corrected chi connectivity index (χ3v) is 5.26. The fourth-order valence-corrected chi connectivity index (χ4v) is 3.70. The van der Waals surface area contributed by atoms with Crippen molar-refractivity contribution in [2.75, 3.05) is 6.61 Å². The number of halogens is 3. The molecule has 30 heavy (non-hydrogen) atoms. The first kappa shape index (κ1) is 21.9. The van der Waals surface area contributed by atoms with E-state index in [2.05, 4.69) is 10.2 Å². The molecule has 0 bridgehead atoms. The number of esters is 1. The van der Waals surface area contributed by atoms with Gasteiger partial charge in [0.1, 0.15) is 11.1 Å². The molecule has 5 nitrogen and oxygen atoms in total. The topological polar surface area (TPSA) is 57.0 Å². The molecule has 0 fully saturated rings. The van der Waals surface area contributed by atoms with E-state index in [-0.39, 0.29) is 12.3 Å². The Balaban J connectivity index is 2.03. The summed E-state index contributed by atoms with van der Waals surface area (Å²) >= 11 is 1.09. The average Bonchev–Trinajstić information content (AvgIpc) is 3.10. The van der Waals surface area contributed by atoms with Crippen molar-refractivity contribution >= 4 is 17.7 Å². The van der Waals surface area contributed by atoms with E-state index in [0.717, 1.165) is 29.5 Å². The van der Waals surface area contributed by atoms with Crippen LogP contribution >= 0.6 is 11.8 Å². The van der Waals surface area contributed by atoms with Gasteiger partial charge in [-0.25, -0.2) is 0 Å². The predicted molar refractivity (Wildman–Crippen MR) is 108 cm³/mol. The number of carbonyl (C=O) groups is 1. The second-order valence-electron chi connectivity index (χ2n) is 6.46. The maximum absolute atomic E-state index is 13.3. The second kappa shape index (κ2) is 9.34. The van der Waals surface area contributed by atoms with E-state index in [9.17, 15) is 18.0 Å². The van der Waals surface area contributed by atoms with Crippen molar-refractivity contribution < 1.29 is 22.7 Å². The highest BCUT2D eigenvalue weighted by molar-refractivity contribution is 8.00. The van der Waals surface area contributed by atoms with E-state index in [1.54, 1.807) is 24.5 Å². The normalized spacial score (nSPS) is 12.6. The zero-order valence-electron chi connectivity index (χ0n) is 16.4. The number of benzene rings is 2. The number of rotatable bonds is 7. The van der Waals surface area contributed by atoms with Crippen molar-refractivity contribution in [1.29, 1.82) is 0 Å². The second-order valence-corrected chi connectivity index (χ2v) is 7.76. The van der Waals surface area contributed by atoms with Gasteiger partial charge in [-0.05, 0) is 37.6 Å². The van der Waals surface area contributed by atoms with Gasteiger partial charge in [-0.15, -0.1) is 10.2 Å². The van der Waals surface area contributed by atoms with E-state index in [0.29, 0.717) is 17.4 Å². The van der Waals surface area contributed by atoms with Gasteiger partial charge < -0.3 is 4.74 Å². The lowest BCUT2D eigenvalue weighted by atomic mass is 10.1. The molecule has 3 rings (SSSR count). The van der Waals surface area contributed by atoms with Crippen molar-refractivity contribution in [3.05, 3.63) is 71.5 Å². The summed E-state index contributed by atoms with van der Waals surface area (Å²) in [5.41, 5.74) is 0.446. The lowest BCUT2D eigenvalue weighted by Crippen LogP contribution is -2.17. The highest BCUT2D eigenvalue weighted by atomic mass is 32.2. The summed E-state index contributed by atoms with van der Waals surface area (Å²) in [5, 5.41) is 8.07. The number of hydrogen-bond donors (Lipinski definition) is 0. The molecule has 1 unspecified atom stereocenters. The standard InChI is InChI=1S/C21H20F3N3O2S/c1-3-29-19(28)14(2)30-20-26-25-18(12-15-8-5-4-6-9-15)27(20)17-11-7-10-16(13-17)21(22,23)24/h4-11,13-14H,3,12H2,1-2H3. The molecule has 0 amide bonds. The average molecular weight is 435 g/mol. The van der Waals surface area contributed by atoms with Crippen LogP contribution in [0.2, 0.25) is 0 Å². The summed E-state index contributed by atoms with van der Waals surface area (Å²) in [7, 11) is 0. The van der Waals surface area contributed by atoms with Gasteiger partial charge >= 0.3 is 12.1 Å². The zero-order valence-corrected chi connectivity index (χ0v) is 17.2. The van der Waals surface area contributed by atoms with E-state index < -0.39 is 23.0 Å². The molecular weight excluding hydrogens is 415 g/mol. The van der Waals surface area contributed by atoms with Gasteiger partial charge in [0.25, 0.3) is 0 Å². The Hall–Kier alpha value is -2.81. The highest BCUT2D eigenvalue weighted by Crippen LogP contribution is 2.32. The Labute approximate surface area is 176 Å².